The van der Waals surface area contributed by atoms with Crippen LogP contribution < -0.4 is 0 Å². The highest BCUT2D eigenvalue weighted by atomic mass is 35.6. The summed E-state index contributed by atoms with van der Waals surface area (Å²) in [5.74, 6) is -0.475. The molecule has 0 aromatic heterocycles. The Morgan fingerprint density at radius 2 is 2.08 bits per heavy atom. The molecule has 1 unspecified atom stereocenters. The SMILES string of the molecule is CCC=CC(OC(C)=O)C(Cl)(Cl)Cl. The highest BCUT2D eigenvalue weighted by Gasteiger charge is 2.33. The third kappa shape index (κ3) is 6.19. The second-order valence-electron chi connectivity index (χ2n) is 2.41. The predicted octanol–water partition coefficient (Wildman–Crippen LogP) is 3.25. The number of alkyl halides is 3. The number of ether oxygens (including phenoxy) is 1. The highest BCUT2D eigenvalue weighted by molar-refractivity contribution is 6.68. The van der Waals surface area contributed by atoms with E-state index in [4.69, 9.17) is 39.5 Å². The van der Waals surface area contributed by atoms with Gasteiger partial charge in [-0.25, -0.2) is 0 Å². The Kier molecular flexibility index (Phi) is 5.77. The summed E-state index contributed by atoms with van der Waals surface area (Å²) in [6.45, 7) is 3.20. The van der Waals surface area contributed by atoms with Crippen LogP contribution in [-0.4, -0.2) is 15.9 Å². The molecule has 0 spiro atoms. The largest absolute Gasteiger partial charge is 0.454 e. The normalized spacial score (nSPS) is 14.5. The minimum atomic E-state index is -1.61. The number of halogens is 3. The van der Waals surface area contributed by atoms with Gasteiger partial charge in [-0.1, -0.05) is 47.8 Å². The number of hydrogen-bond acceptors (Lipinski definition) is 2. The molecule has 0 saturated heterocycles. The van der Waals surface area contributed by atoms with Gasteiger partial charge in [-0.15, -0.1) is 0 Å². The lowest BCUT2D eigenvalue weighted by molar-refractivity contribution is -0.143. The molecule has 0 aromatic rings. The molecule has 0 bridgehead atoms. The standard InChI is InChI=1S/C8H11Cl3O2/c1-3-4-5-7(8(9,10)11)13-6(2)12/h4-5,7H,3H2,1-2H3. The second kappa shape index (κ2) is 5.74. The average molecular weight is 246 g/mol. The van der Waals surface area contributed by atoms with E-state index in [1.165, 1.54) is 6.92 Å². The molecule has 0 heterocycles. The third-order valence-corrected chi connectivity index (χ3v) is 1.81. The molecule has 0 aliphatic heterocycles. The number of rotatable bonds is 3. The van der Waals surface area contributed by atoms with Crippen LogP contribution in [0.15, 0.2) is 12.2 Å². The maximum atomic E-state index is 10.6. The topological polar surface area (TPSA) is 26.3 Å². The summed E-state index contributed by atoms with van der Waals surface area (Å²) in [4.78, 5) is 10.6. The van der Waals surface area contributed by atoms with Crippen molar-refractivity contribution in [3.8, 4) is 0 Å². The van der Waals surface area contributed by atoms with E-state index in [2.05, 4.69) is 0 Å². The molecule has 1 atom stereocenters. The maximum absolute atomic E-state index is 10.6. The van der Waals surface area contributed by atoms with E-state index in [0.717, 1.165) is 6.42 Å². The van der Waals surface area contributed by atoms with Crippen LogP contribution in [0.3, 0.4) is 0 Å². The van der Waals surface area contributed by atoms with E-state index in [9.17, 15) is 4.79 Å². The lowest BCUT2D eigenvalue weighted by atomic mass is 10.3. The summed E-state index contributed by atoms with van der Waals surface area (Å²) in [5, 5.41) is 0. The van der Waals surface area contributed by atoms with Gasteiger partial charge < -0.3 is 4.74 Å². The van der Waals surface area contributed by atoms with Crippen LogP contribution >= 0.6 is 34.8 Å². The van der Waals surface area contributed by atoms with Crippen LogP contribution in [0.1, 0.15) is 20.3 Å². The van der Waals surface area contributed by atoms with Gasteiger partial charge in [0, 0.05) is 6.92 Å². The number of esters is 1. The van der Waals surface area contributed by atoms with Crippen LogP contribution in [0.25, 0.3) is 0 Å². The number of hydrogen-bond donors (Lipinski definition) is 0. The van der Waals surface area contributed by atoms with E-state index < -0.39 is 15.9 Å². The molecule has 0 saturated carbocycles. The first-order valence-corrected chi connectivity index (χ1v) is 4.92. The Morgan fingerprint density at radius 3 is 2.38 bits per heavy atom. The molecule has 0 rings (SSSR count). The lowest BCUT2D eigenvalue weighted by Crippen LogP contribution is -2.28. The van der Waals surface area contributed by atoms with Crippen molar-refractivity contribution in [3.05, 3.63) is 12.2 Å². The molecule has 5 heteroatoms. The molecule has 2 nitrogen and oxygen atoms in total. The molecular weight excluding hydrogens is 234 g/mol. The Bertz CT molecular complexity index is 196. The van der Waals surface area contributed by atoms with Crippen molar-refractivity contribution in [2.24, 2.45) is 0 Å². The van der Waals surface area contributed by atoms with Crippen molar-refractivity contribution in [2.75, 3.05) is 0 Å². The first-order chi connectivity index (χ1) is 5.88. The molecule has 13 heavy (non-hydrogen) atoms. The molecule has 0 aromatic carbocycles. The van der Waals surface area contributed by atoms with Gasteiger partial charge in [-0.3, -0.25) is 4.79 Å². The van der Waals surface area contributed by atoms with Crippen molar-refractivity contribution in [1.82, 2.24) is 0 Å². The molecule has 0 aliphatic carbocycles. The molecule has 0 fully saturated rings. The number of carbonyl (C=O) groups excluding carboxylic acids is 1. The zero-order chi connectivity index (χ0) is 10.5. The lowest BCUT2D eigenvalue weighted by Gasteiger charge is -2.20. The van der Waals surface area contributed by atoms with Crippen LogP contribution in [-0.2, 0) is 9.53 Å². The van der Waals surface area contributed by atoms with Crippen LogP contribution in [0, 0.1) is 0 Å². The zero-order valence-corrected chi connectivity index (χ0v) is 9.66. The van der Waals surface area contributed by atoms with E-state index in [-0.39, 0.29) is 0 Å². The number of carbonyl (C=O) groups is 1. The molecule has 0 radical (unpaired) electrons. The predicted molar refractivity (Wildman–Crippen MR) is 55.3 cm³/mol. The monoisotopic (exact) mass is 244 g/mol. The van der Waals surface area contributed by atoms with Gasteiger partial charge in [0.2, 0.25) is 3.79 Å². The fourth-order valence-corrected chi connectivity index (χ4v) is 1.01. The Balaban J connectivity index is 4.37. The van der Waals surface area contributed by atoms with Crippen LogP contribution in [0.4, 0.5) is 0 Å². The first-order valence-electron chi connectivity index (χ1n) is 3.78. The van der Waals surface area contributed by atoms with Crippen molar-refractivity contribution < 1.29 is 9.53 Å². The van der Waals surface area contributed by atoms with Gasteiger partial charge in [0.15, 0.2) is 6.10 Å². The minimum absolute atomic E-state index is 0.475. The van der Waals surface area contributed by atoms with Crippen molar-refractivity contribution >= 4 is 40.8 Å². The summed E-state index contributed by atoms with van der Waals surface area (Å²) in [7, 11) is 0. The van der Waals surface area contributed by atoms with Gasteiger partial charge in [-0.05, 0) is 12.5 Å². The fourth-order valence-electron chi connectivity index (χ4n) is 0.654. The molecule has 0 amide bonds. The highest BCUT2D eigenvalue weighted by Crippen LogP contribution is 2.33. The molecule has 0 aliphatic rings. The van der Waals surface area contributed by atoms with Crippen molar-refractivity contribution in [3.63, 3.8) is 0 Å². The summed E-state index contributed by atoms with van der Waals surface area (Å²) in [6.07, 6.45) is 3.30. The van der Waals surface area contributed by atoms with E-state index in [0.29, 0.717) is 0 Å². The summed E-state index contributed by atoms with van der Waals surface area (Å²) in [5.41, 5.74) is 0. The molecule has 76 valence electrons. The Hall–Kier alpha value is 0.0800. The minimum Gasteiger partial charge on any atom is -0.454 e. The Labute approximate surface area is 92.8 Å². The quantitative estimate of drug-likeness (QED) is 0.433. The first kappa shape index (κ1) is 13.1. The Morgan fingerprint density at radius 1 is 1.54 bits per heavy atom. The van der Waals surface area contributed by atoms with Gasteiger partial charge in [0.05, 0.1) is 0 Å². The van der Waals surface area contributed by atoms with Crippen LogP contribution in [0.5, 0.6) is 0 Å². The molecular formula is C8H11Cl3O2. The summed E-state index contributed by atoms with van der Waals surface area (Å²) < 4.78 is 3.18. The zero-order valence-electron chi connectivity index (χ0n) is 7.39. The van der Waals surface area contributed by atoms with Crippen molar-refractivity contribution in [2.45, 2.75) is 30.2 Å². The van der Waals surface area contributed by atoms with Gasteiger partial charge in [-0.2, -0.15) is 0 Å². The summed E-state index contributed by atoms with van der Waals surface area (Å²) in [6, 6.07) is 0. The smallest absolute Gasteiger partial charge is 0.303 e. The summed E-state index contributed by atoms with van der Waals surface area (Å²) >= 11 is 16.7. The average Bonchev–Trinajstić information content (AvgIpc) is 1.95. The third-order valence-electron chi connectivity index (χ3n) is 1.16. The van der Waals surface area contributed by atoms with Gasteiger partial charge in [0.25, 0.3) is 0 Å². The van der Waals surface area contributed by atoms with Gasteiger partial charge >= 0.3 is 5.97 Å². The van der Waals surface area contributed by atoms with Crippen molar-refractivity contribution in [1.29, 1.82) is 0 Å². The maximum Gasteiger partial charge on any atom is 0.303 e. The van der Waals surface area contributed by atoms with E-state index in [1.807, 2.05) is 6.92 Å². The van der Waals surface area contributed by atoms with Gasteiger partial charge in [0.1, 0.15) is 0 Å². The van der Waals surface area contributed by atoms with E-state index in [1.54, 1.807) is 12.2 Å². The van der Waals surface area contributed by atoms with Crippen LogP contribution in [0.2, 0.25) is 0 Å². The molecule has 0 N–H and O–H groups in total. The fraction of sp³-hybridized carbons (Fsp3) is 0.625. The van der Waals surface area contributed by atoms with E-state index >= 15 is 0 Å². The second-order valence-corrected chi connectivity index (χ2v) is 4.78. The number of allylic oxidation sites excluding steroid dienone is 1.